The maximum Gasteiger partial charge on any atom is 0.251 e. The number of carbonyl (C=O) groups excluding carboxylic acids is 2. The van der Waals surface area contributed by atoms with Gasteiger partial charge in [0.1, 0.15) is 24.0 Å². The van der Waals surface area contributed by atoms with Gasteiger partial charge in [0.15, 0.2) is 0 Å². The Morgan fingerprint density at radius 3 is 2.48 bits per heavy atom. The fourth-order valence-corrected chi connectivity index (χ4v) is 5.17. The molecule has 2 amide bonds. The van der Waals surface area contributed by atoms with Gasteiger partial charge < -0.3 is 14.7 Å². The van der Waals surface area contributed by atoms with Gasteiger partial charge in [-0.25, -0.2) is 4.98 Å². The predicted molar refractivity (Wildman–Crippen MR) is 127 cm³/mol. The van der Waals surface area contributed by atoms with Gasteiger partial charge in [0.2, 0.25) is 5.91 Å². The van der Waals surface area contributed by atoms with Crippen LogP contribution in [0, 0.1) is 11.3 Å². The van der Waals surface area contributed by atoms with Crippen LogP contribution in [0.3, 0.4) is 0 Å². The maximum absolute atomic E-state index is 14.0. The van der Waals surface area contributed by atoms with Crippen LogP contribution in [0.5, 0.6) is 0 Å². The van der Waals surface area contributed by atoms with Gasteiger partial charge in [-0.15, -0.1) is 0 Å². The Balaban J connectivity index is 1.75. The zero-order chi connectivity index (χ0) is 23.8. The predicted octanol–water partition coefficient (Wildman–Crippen LogP) is 3.79. The van der Waals surface area contributed by atoms with Crippen LogP contribution in [0.4, 0.5) is 5.82 Å². The van der Waals surface area contributed by atoms with E-state index in [0.717, 1.165) is 5.56 Å². The summed E-state index contributed by atoms with van der Waals surface area (Å²) < 4.78 is 0. The van der Waals surface area contributed by atoms with Gasteiger partial charge in [-0.05, 0) is 56.5 Å². The van der Waals surface area contributed by atoms with Crippen molar-refractivity contribution in [3.63, 3.8) is 0 Å². The number of hydrogen-bond acceptors (Lipinski definition) is 5. The third kappa shape index (κ3) is 4.04. The molecule has 2 unspecified atom stereocenters. The molecule has 1 spiro atoms. The number of nitrogens with zero attached hydrogens (tertiary/aromatic N) is 5. The molecule has 33 heavy (non-hydrogen) atoms. The van der Waals surface area contributed by atoms with E-state index in [4.69, 9.17) is 16.9 Å². The van der Waals surface area contributed by atoms with Crippen LogP contribution in [0.15, 0.2) is 42.6 Å². The molecule has 8 heteroatoms. The van der Waals surface area contributed by atoms with E-state index in [9.17, 15) is 9.59 Å². The van der Waals surface area contributed by atoms with E-state index in [0.29, 0.717) is 42.3 Å². The average molecular weight is 466 g/mol. The number of amides is 2. The molecule has 2 aliphatic rings. The number of benzene rings is 1. The third-order valence-electron chi connectivity index (χ3n) is 6.72. The van der Waals surface area contributed by atoms with Gasteiger partial charge in [0.05, 0.1) is 18.2 Å². The van der Waals surface area contributed by atoms with Crippen molar-refractivity contribution >= 4 is 29.2 Å². The van der Waals surface area contributed by atoms with Gasteiger partial charge in [-0.1, -0.05) is 30.7 Å². The number of rotatable bonds is 5. The van der Waals surface area contributed by atoms with Gasteiger partial charge in [0.25, 0.3) is 5.91 Å². The summed E-state index contributed by atoms with van der Waals surface area (Å²) in [7, 11) is 0. The van der Waals surface area contributed by atoms with Crippen molar-refractivity contribution < 1.29 is 9.59 Å². The fraction of sp³-hybridized carbons (Fsp3) is 0.440. The number of pyridine rings is 1. The van der Waals surface area contributed by atoms with Gasteiger partial charge in [-0.2, -0.15) is 5.26 Å². The minimum atomic E-state index is -0.977. The second kappa shape index (κ2) is 9.03. The first-order valence-corrected chi connectivity index (χ1v) is 11.7. The summed E-state index contributed by atoms with van der Waals surface area (Å²) in [4.78, 5) is 37.6. The van der Waals surface area contributed by atoms with E-state index in [1.54, 1.807) is 17.0 Å². The topological polar surface area (TPSA) is 80.5 Å². The van der Waals surface area contributed by atoms with E-state index in [1.165, 1.54) is 6.20 Å². The van der Waals surface area contributed by atoms with Crippen LogP contribution < -0.4 is 4.90 Å². The molecular formula is C25H28ClN5O2. The molecular weight excluding hydrogens is 438 g/mol. The zero-order valence-electron chi connectivity index (χ0n) is 19.2. The maximum atomic E-state index is 14.0. The van der Waals surface area contributed by atoms with E-state index in [2.05, 4.69) is 11.1 Å². The Kier molecular flexibility index (Phi) is 6.31. The van der Waals surface area contributed by atoms with E-state index >= 15 is 0 Å². The van der Waals surface area contributed by atoms with Crippen molar-refractivity contribution in [2.75, 3.05) is 24.5 Å². The molecule has 7 nitrogen and oxygen atoms in total. The van der Waals surface area contributed by atoms with Crippen LogP contribution >= 0.6 is 11.6 Å². The van der Waals surface area contributed by atoms with Crippen molar-refractivity contribution in [1.82, 2.24) is 14.8 Å². The molecule has 2 aliphatic heterocycles. The molecule has 2 fully saturated rings. The standard InChI is InChI=1S/C25H28ClN5O2/c1-4-21(19-6-8-20(26)9-7-19)31-23(32)15-30(17(2)3)24(33)25(31)11-12-29(16-25)22-10-5-18(13-27)14-28-22/h5-10,14,17,21H,4,11-12,15-16H2,1-3H3. The highest BCUT2D eigenvalue weighted by Crippen LogP contribution is 2.42. The molecule has 2 atom stereocenters. The minimum Gasteiger partial charge on any atom is -0.354 e. The lowest BCUT2D eigenvalue weighted by Crippen LogP contribution is -2.70. The molecule has 0 aliphatic carbocycles. The fourth-order valence-electron chi connectivity index (χ4n) is 5.04. The average Bonchev–Trinajstić information content (AvgIpc) is 3.25. The van der Waals surface area contributed by atoms with Crippen LogP contribution in [0.1, 0.15) is 50.8 Å². The molecule has 2 saturated heterocycles. The quantitative estimate of drug-likeness (QED) is 0.671. The first kappa shape index (κ1) is 23.1. The highest BCUT2D eigenvalue weighted by atomic mass is 35.5. The van der Waals surface area contributed by atoms with Crippen LogP contribution in [-0.2, 0) is 9.59 Å². The molecule has 4 rings (SSSR count). The molecule has 1 aromatic carbocycles. The summed E-state index contributed by atoms with van der Waals surface area (Å²) >= 11 is 6.11. The number of halogens is 1. The lowest BCUT2D eigenvalue weighted by Gasteiger charge is -2.51. The number of anilines is 1. The van der Waals surface area contributed by atoms with Crippen molar-refractivity contribution in [1.29, 1.82) is 5.26 Å². The summed E-state index contributed by atoms with van der Waals surface area (Å²) in [5.41, 5.74) is 0.475. The molecule has 0 bridgehead atoms. The lowest BCUT2D eigenvalue weighted by atomic mass is 9.86. The third-order valence-corrected chi connectivity index (χ3v) is 6.97. The molecule has 1 aromatic heterocycles. The van der Waals surface area contributed by atoms with Crippen LogP contribution in [0.25, 0.3) is 0 Å². The monoisotopic (exact) mass is 465 g/mol. The van der Waals surface area contributed by atoms with Crippen molar-refractivity contribution in [2.24, 2.45) is 0 Å². The van der Waals surface area contributed by atoms with E-state index < -0.39 is 5.54 Å². The summed E-state index contributed by atoms with van der Waals surface area (Å²) in [5.74, 6) is 0.646. The number of hydrogen-bond donors (Lipinski definition) is 0. The normalized spacial score (nSPS) is 21.8. The smallest absolute Gasteiger partial charge is 0.251 e. The van der Waals surface area contributed by atoms with Gasteiger partial charge in [0, 0.05) is 23.8 Å². The van der Waals surface area contributed by atoms with Crippen LogP contribution in [-0.4, -0.2) is 57.8 Å². The molecule has 0 radical (unpaired) electrons. The first-order valence-electron chi connectivity index (χ1n) is 11.3. The first-order chi connectivity index (χ1) is 15.8. The zero-order valence-corrected chi connectivity index (χ0v) is 19.9. The minimum absolute atomic E-state index is 0.0133. The van der Waals surface area contributed by atoms with Crippen LogP contribution in [0.2, 0.25) is 5.02 Å². The lowest BCUT2D eigenvalue weighted by molar-refractivity contribution is -0.169. The second-order valence-electron chi connectivity index (χ2n) is 8.99. The highest BCUT2D eigenvalue weighted by Gasteiger charge is 2.58. The van der Waals surface area contributed by atoms with E-state index in [1.807, 2.05) is 54.8 Å². The Labute approximate surface area is 199 Å². The Morgan fingerprint density at radius 1 is 1.18 bits per heavy atom. The number of nitriles is 1. The van der Waals surface area contributed by atoms with Crippen molar-refractivity contribution in [3.8, 4) is 6.07 Å². The van der Waals surface area contributed by atoms with Gasteiger partial charge in [-0.3, -0.25) is 9.59 Å². The molecule has 3 heterocycles. The number of piperazine rings is 1. The second-order valence-corrected chi connectivity index (χ2v) is 9.42. The summed E-state index contributed by atoms with van der Waals surface area (Å²) in [6.07, 6.45) is 2.74. The summed E-state index contributed by atoms with van der Waals surface area (Å²) in [6.45, 7) is 6.97. The Bertz CT molecular complexity index is 1080. The molecule has 2 aromatic rings. The van der Waals surface area contributed by atoms with Gasteiger partial charge >= 0.3 is 0 Å². The SMILES string of the molecule is CCC(c1ccc(Cl)cc1)N1C(=O)CN(C(C)C)C(=O)C12CCN(c1ccc(C#N)cn1)C2. The number of carbonyl (C=O) groups is 2. The van der Waals surface area contributed by atoms with Crippen molar-refractivity contribution in [3.05, 3.63) is 58.7 Å². The van der Waals surface area contributed by atoms with Crippen molar-refractivity contribution in [2.45, 2.75) is 51.2 Å². The highest BCUT2D eigenvalue weighted by molar-refractivity contribution is 6.30. The Hall–Kier alpha value is -3.11. The number of aromatic nitrogens is 1. The molecule has 172 valence electrons. The largest absolute Gasteiger partial charge is 0.354 e. The summed E-state index contributed by atoms with van der Waals surface area (Å²) in [5, 5.41) is 9.71. The molecule has 0 saturated carbocycles. The summed E-state index contributed by atoms with van der Waals surface area (Å²) in [6, 6.07) is 12.8. The molecule has 0 N–H and O–H groups in total. The van der Waals surface area contributed by atoms with E-state index in [-0.39, 0.29) is 30.4 Å². The Morgan fingerprint density at radius 2 is 1.91 bits per heavy atom.